The molecule has 0 unspecified atom stereocenters. The van der Waals surface area contributed by atoms with Crippen LogP contribution in [0.3, 0.4) is 0 Å². The van der Waals surface area contributed by atoms with Gasteiger partial charge in [-0.2, -0.15) is 0 Å². The third kappa shape index (κ3) is 4.32. The highest BCUT2D eigenvalue weighted by Gasteiger charge is 2.23. The van der Waals surface area contributed by atoms with Crippen LogP contribution in [0.1, 0.15) is 37.1 Å². The van der Waals surface area contributed by atoms with Crippen molar-refractivity contribution in [3.63, 3.8) is 0 Å². The number of fused-ring (bicyclic) bond motifs is 6. The first-order valence-corrected chi connectivity index (χ1v) is 13.5. The number of rotatable bonds is 4. The van der Waals surface area contributed by atoms with Gasteiger partial charge in [0.2, 0.25) is 0 Å². The molecule has 4 nitrogen and oxygen atoms in total. The molecule has 0 bridgehead atoms. The largest absolute Gasteiger partial charge is 0.285 e. The summed E-state index contributed by atoms with van der Waals surface area (Å²) in [5.74, 6) is 0. The molecule has 1 aliphatic rings. The maximum absolute atomic E-state index is 5.00. The molecule has 0 saturated heterocycles. The fourth-order valence-electron chi connectivity index (χ4n) is 5.67. The molecule has 0 aliphatic heterocycles. The molecule has 38 heavy (non-hydrogen) atoms. The number of nitrogens with zero attached hydrogens (tertiary/aromatic N) is 4. The molecular formula is C34H28N4. The summed E-state index contributed by atoms with van der Waals surface area (Å²) in [5.41, 5.74) is 3.84. The second-order valence-electron chi connectivity index (χ2n) is 10.2. The van der Waals surface area contributed by atoms with Crippen LogP contribution in [0.25, 0.3) is 43.4 Å². The van der Waals surface area contributed by atoms with Gasteiger partial charge in [-0.25, -0.2) is 9.97 Å². The van der Waals surface area contributed by atoms with Crippen molar-refractivity contribution in [1.82, 2.24) is 9.97 Å². The number of benzene rings is 4. The van der Waals surface area contributed by atoms with Crippen LogP contribution in [-0.4, -0.2) is 34.5 Å². The van der Waals surface area contributed by atoms with E-state index in [0.717, 1.165) is 46.0 Å². The van der Waals surface area contributed by atoms with Gasteiger partial charge in [-0.05, 0) is 35.7 Å². The van der Waals surface area contributed by atoms with Gasteiger partial charge in [0.1, 0.15) is 0 Å². The maximum Gasteiger partial charge on any atom is 0.0815 e. The Kier molecular flexibility index (Phi) is 5.86. The van der Waals surface area contributed by atoms with Gasteiger partial charge >= 0.3 is 0 Å². The summed E-state index contributed by atoms with van der Waals surface area (Å²) in [7, 11) is 0. The Labute approximate surface area is 221 Å². The van der Waals surface area contributed by atoms with Gasteiger partial charge < -0.3 is 0 Å². The molecule has 2 heterocycles. The fraction of sp³-hybridized carbons (Fsp3) is 0.176. The lowest BCUT2D eigenvalue weighted by Crippen LogP contribution is -2.27. The molecule has 4 aromatic carbocycles. The van der Waals surface area contributed by atoms with Gasteiger partial charge in [-0.3, -0.25) is 9.98 Å². The summed E-state index contributed by atoms with van der Waals surface area (Å²) < 4.78 is 0. The Bertz CT molecular complexity index is 1720. The number of pyridine rings is 2. The van der Waals surface area contributed by atoms with Crippen LogP contribution in [-0.2, 0) is 0 Å². The zero-order valence-corrected chi connectivity index (χ0v) is 21.2. The molecule has 2 atom stereocenters. The average Bonchev–Trinajstić information content (AvgIpc) is 2.99. The molecule has 4 heteroatoms. The van der Waals surface area contributed by atoms with Crippen LogP contribution in [0, 0.1) is 0 Å². The van der Waals surface area contributed by atoms with Gasteiger partial charge in [-0.1, -0.05) is 97.8 Å². The first-order valence-electron chi connectivity index (χ1n) is 13.5. The minimum absolute atomic E-state index is 0.159. The van der Waals surface area contributed by atoms with Gasteiger partial charge in [-0.15, -0.1) is 0 Å². The summed E-state index contributed by atoms with van der Waals surface area (Å²) >= 11 is 0. The van der Waals surface area contributed by atoms with Gasteiger partial charge in [0, 0.05) is 34.0 Å². The maximum atomic E-state index is 5.00. The quantitative estimate of drug-likeness (QED) is 0.185. The van der Waals surface area contributed by atoms with E-state index in [1.807, 2.05) is 12.4 Å². The van der Waals surface area contributed by atoms with E-state index in [0.29, 0.717) is 0 Å². The van der Waals surface area contributed by atoms with E-state index >= 15 is 0 Å². The van der Waals surface area contributed by atoms with Gasteiger partial charge in [0.25, 0.3) is 0 Å². The number of hydrogen-bond donors (Lipinski definition) is 0. The molecule has 7 rings (SSSR count). The number of aromatic nitrogens is 2. The highest BCUT2D eigenvalue weighted by molar-refractivity contribution is 6.06. The van der Waals surface area contributed by atoms with Crippen molar-refractivity contribution in [1.29, 1.82) is 0 Å². The first-order chi connectivity index (χ1) is 18.8. The molecule has 6 aromatic rings. The molecule has 1 fully saturated rings. The van der Waals surface area contributed by atoms with E-state index in [1.54, 1.807) is 0 Å². The molecule has 1 aliphatic carbocycles. The van der Waals surface area contributed by atoms with Crippen molar-refractivity contribution in [2.24, 2.45) is 9.98 Å². The standard InChI is InChI=1S/C34H28N4/c1-3-9-29-23(7-1)13-15-25-17-19-27(37-33(25)29)21-35-31-11-5-6-12-32(31)36-22-28-20-18-26-16-14-24-8-2-4-10-30(24)34(26)38-28/h1-4,7-10,13-22,31-32H,5-6,11-12H2/t31-,32-/m1/s1. The van der Waals surface area contributed by atoms with Crippen molar-refractivity contribution in [2.75, 3.05) is 0 Å². The second kappa shape index (κ2) is 9.79. The van der Waals surface area contributed by atoms with E-state index in [9.17, 15) is 0 Å². The molecule has 1 saturated carbocycles. The predicted molar refractivity (Wildman–Crippen MR) is 160 cm³/mol. The van der Waals surface area contributed by atoms with Gasteiger partial charge in [0.15, 0.2) is 0 Å². The normalized spacial score (nSPS) is 18.4. The lowest BCUT2D eigenvalue weighted by molar-refractivity contribution is 0.390. The second-order valence-corrected chi connectivity index (χ2v) is 10.2. The number of aliphatic imine (C=N–C) groups is 2. The lowest BCUT2D eigenvalue weighted by Gasteiger charge is -2.25. The molecular weight excluding hydrogens is 464 g/mol. The predicted octanol–water partition coefficient (Wildman–Crippen LogP) is 7.94. The smallest absolute Gasteiger partial charge is 0.0815 e. The minimum Gasteiger partial charge on any atom is -0.285 e. The van der Waals surface area contributed by atoms with Crippen LogP contribution in [0.4, 0.5) is 0 Å². The monoisotopic (exact) mass is 492 g/mol. The Balaban J connectivity index is 1.16. The molecule has 2 aromatic heterocycles. The highest BCUT2D eigenvalue weighted by atomic mass is 14.9. The topological polar surface area (TPSA) is 50.5 Å². The van der Waals surface area contributed by atoms with Crippen molar-refractivity contribution in [2.45, 2.75) is 37.8 Å². The Hall–Kier alpha value is -4.44. The Morgan fingerprint density at radius 1 is 0.500 bits per heavy atom. The summed E-state index contributed by atoms with van der Waals surface area (Å²) in [6.07, 6.45) is 8.35. The summed E-state index contributed by atoms with van der Waals surface area (Å²) in [6, 6.07) is 34.1. The molecule has 0 spiro atoms. The van der Waals surface area contributed by atoms with Crippen LogP contribution in [0.5, 0.6) is 0 Å². The summed E-state index contributed by atoms with van der Waals surface area (Å²) in [5, 5.41) is 7.07. The summed E-state index contributed by atoms with van der Waals surface area (Å²) in [4.78, 5) is 19.9. The van der Waals surface area contributed by atoms with Crippen LogP contribution < -0.4 is 0 Å². The van der Waals surface area contributed by atoms with E-state index < -0.39 is 0 Å². The third-order valence-corrected chi connectivity index (χ3v) is 7.70. The molecule has 184 valence electrons. The van der Waals surface area contributed by atoms with Crippen LogP contribution >= 0.6 is 0 Å². The Morgan fingerprint density at radius 2 is 0.921 bits per heavy atom. The Morgan fingerprint density at radius 3 is 1.42 bits per heavy atom. The lowest BCUT2D eigenvalue weighted by atomic mass is 9.91. The summed E-state index contributed by atoms with van der Waals surface area (Å²) in [6.45, 7) is 0. The van der Waals surface area contributed by atoms with Crippen molar-refractivity contribution in [3.05, 3.63) is 108 Å². The van der Waals surface area contributed by atoms with Crippen LogP contribution in [0.2, 0.25) is 0 Å². The third-order valence-electron chi connectivity index (χ3n) is 7.70. The van der Waals surface area contributed by atoms with E-state index in [-0.39, 0.29) is 12.1 Å². The highest BCUT2D eigenvalue weighted by Crippen LogP contribution is 2.27. The average molecular weight is 493 g/mol. The SMILES string of the molecule is C(=N[C@@H]1CCCC[C@H]1N=Cc1ccc2ccc3ccccc3c2n1)c1ccc2ccc3ccccc3c2n1. The molecule has 0 N–H and O–H groups in total. The zero-order valence-electron chi connectivity index (χ0n) is 21.2. The van der Waals surface area contributed by atoms with Crippen molar-refractivity contribution >= 4 is 55.8 Å². The fourth-order valence-corrected chi connectivity index (χ4v) is 5.67. The van der Waals surface area contributed by atoms with E-state index in [2.05, 4.69) is 97.1 Å². The van der Waals surface area contributed by atoms with Crippen LogP contribution in [0.15, 0.2) is 107 Å². The zero-order chi connectivity index (χ0) is 25.3. The first kappa shape index (κ1) is 22.7. The van der Waals surface area contributed by atoms with Crippen molar-refractivity contribution < 1.29 is 0 Å². The van der Waals surface area contributed by atoms with E-state index in [4.69, 9.17) is 20.0 Å². The minimum atomic E-state index is 0.159. The molecule has 0 amide bonds. The van der Waals surface area contributed by atoms with Gasteiger partial charge in [0.05, 0.1) is 34.5 Å². The molecule has 0 radical (unpaired) electrons. The van der Waals surface area contributed by atoms with Crippen molar-refractivity contribution in [3.8, 4) is 0 Å². The van der Waals surface area contributed by atoms with E-state index in [1.165, 1.54) is 34.4 Å². The number of hydrogen-bond acceptors (Lipinski definition) is 4.